The minimum absolute atomic E-state index is 0.0524. The zero-order valence-electron chi connectivity index (χ0n) is 11.4. The second-order valence-corrected chi connectivity index (χ2v) is 7.65. The van der Waals surface area contributed by atoms with Gasteiger partial charge in [0.05, 0.1) is 5.25 Å². The van der Waals surface area contributed by atoms with Crippen LogP contribution in [0.3, 0.4) is 0 Å². The number of halogens is 2. The van der Waals surface area contributed by atoms with Crippen LogP contribution in [-0.4, -0.2) is 32.5 Å². The molecule has 1 aliphatic carbocycles. The first-order valence-electron chi connectivity index (χ1n) is 6.73. The lowest BCUT2D eigenvalue weighted by atomic mass is 10.1. The van der Waals surface area contributed by atoms with Gasteiger partial charge in [-0.05, 0) is 43.5 Å². The lowest BCUT2D eigenvalue weighted by Crippen LogP contribution is -2.40. The summed E-state index contributed by atoms with van der Waals surface area (Å²) in [5, 5.41) is 2.86. The topological polar surface area (TPSA) is 46.2 Å². The van der Waals surface area contributed by atoms with E-state index in [1.54, 1.807) is 0 Å². The van der Waals surface area contributed by atoms with Crippen molar-refractivity contribution in [2.24, 2.45) is 0 Å². The average molecular weight is 303 g/mol. The van der Waals surface area contributed by atoms with Crippen LogP contribution in [0.1, 0.15) is 24.8 Å². The van der Waals surface area contributed by atoms with Crippen LogP contribution in [0.25, 0.3) is 0 Å². The molecular weight excluding hydrogens is 284 g/mol. The van der Waals surface area contributed by atoms with Crippen molar-refractivity contribution in [3.05, 3.63) is 35.4 Å². The second kappa shape index (κ2) is 6.18. The summed E-state index contributed by atoms with van der Waals surface area (Å²) in [6.45, 7) is 0.513. The van der Waals surface area contributed by atoms with Crippen molar-refractivity contribution >= 4 is 9.84 Å². The first kappa shape index (κ1) is 15.4. The highest BCUT2D eigenvalue weighted by molar-refractivity contribution is 7.91. The molecule has 0 spiro atoms. The third kappa shape index (κ3) is 3.99. The predicted octanol–water partition coefficient (Wildman–Crippen LogP) is 2.06. The van der Waals surface area contributed by atoms with Crippen molar-refractivity contribution in [3.8, 4) is 0 Å². The van der Waals surface area contributed by atoms with Crippen LogP contribution in [0.15, 0.2) is 18.2 Å². The molecule has 0 bridgehead atoms. The van der Waals surface area contributed by atoms with E-state index in [4.69, 9.17) is 0 Å². The minimum Gasteiger partial charge on any atom is -0.312 e. The molecule has 6 heteroatoms. The highest BCUT2D eigenvalue weighted by Crippen LogP contribution is 2.25. The van der Waals surface area contributed by atoms with Gasteiger partial charge in [0.15, 0.2) is 9.84 Å². The van der Waals surface area contributed by atoms with Crippen LogP contribution in [-0.2, 0) is 16.3 Å². The van der Waals surface area contributed by atoms with E-state index in [0.717, 1.165) is 18.9 Å². The van der Waals surface area contributed by atoms with Gasteiger partial charge in [0.2, 0.25) is 0 Å². The van der Waals surface area contributed by atoms with E-state index in [2.05, 4.69) is 5.32 Å². The van der Waals surface area contributed by atoms with Crippen molar-refractivity contribution in [1.82, 2.24) is 5.32 Å². The molecule has 1 N–H and O–H groups in total. The van der Waals surface area contributed by atoms with Crippen LogP contribution in [0.2, 0.25) is 0 Å². The van der Waals surface area contributed by atoms with Gasteiger partial charge in [-0.25, -0.2) is 17.2 Å². The average Bonchev–Trinajstić information content (AvgIpc) is 2.75. The van der Waals surface area contributed by atoms with Gasteiger partial charge in [-0.2, -0.15) is 0 Å². The summed E-state index contributed by atoms with van der Waals surface area (Å²) in [6, 6.07) is 3.39. The molecule has 0 aliphatic heterocycles. The summed E-state index contributed by atoms with van der Waals surface area (Å²) in [5.74, 6) is -1.18. The number of hydrogen-bond acceptors (Lipinski definition) is 3. The van der Waals surface area contributed by atoms with Crippen molar-refractivity contribution in [3.63, 3.8) is 0 Å². The van der Waals surface area contributed by atoms with E-state index in [9.17, 15) is 17.2 Å². The molecule has 2 rings (SSSR count). The molecule has 20 heavy (non-hydrogen) atoms. The van der Waals surface area contributed by atoms with E-state index in [-0.39, 0.29) is 11.3 Å². The number of sulfone groups is 1. The Hall–Kier alpha value is -1.01. The quantitative estimate of drug-likeness (QED) is 0.906. The molecule has 0 aromatic heterocycles. The Morgan fingerprint density at radius 1 is 1.20 bits per heavy atom. The predicted molar refractivity (Wildman–Crippen MR) is 74.3 cm³/mol. The largest absolute Gasteiger partial charge is 0.312 e. The monoisotopic (exact) mass is 303 g/mol. The number of nitrogens with one attached hydrogen (secondary N) is 1. The number of rotatable bonds is 5. The van der Waals surface area contributed by atoms with Crippen molar-refractivity contribution in [2.75, 3.05) is 12.8 Å². The van der Waals surface area contributed by atoms with Crippen LogP contribution >= 0.6 is 0 Å². The molecule has 0 saturated heterocycles. The van der Waals surface area contributed by atoms with Gasteiger partial charge in [-0.1, -0.05) is 6.42 Å². The van der Waals surface area contributed by atoms with E-state index in [1.165, 1.54) is 18.4 Å². The summed E-state index contributed by atoms with van der Waals surface area (Å²) in [5.41, 5.74) is 0.573. The summed E-state index contributed by atoms with van der Waals surface area (Å²) in [4.78, 5) is 0. The summed E-state index contributed by atoms with van der Waals surface area (Å²) in [7, 11) is -3.04. The van der Waals surface area contributed by atoms with Gasteiger partial charge in [0.25, 0.3) is 0 Å². The molecule has 1 aromatic carbocycles. The number of hydrogen-bond donors (Lipinski definition) is 1. The van der Waals surface area contributed by atoms with Gasteiger partial charge < -0.3 is 5.32 Å². The Balaban J connectivity index is 1.89. The SMILES string of the molecule is CS(=O)(=O)C1CCCC1NCCc1cc(F)cc(F)c1. The molecule has 0 amide bonds. The summed E-state index contributed by atoms with van der Waals surface area (Å²) >= 11 is 0. The lowest BCUT2D eigenvalue weighted by molar-refractivity contribution is 0.509. The normalized spacial score (nSPS) is 23.1. The van der Waals surface area contributed by atoms with Gasteiger partial charge in [-0.15, -0.1) is 0 Å². The van der Waals surface area contributed by atoms with Gasteiger partial charge >= 0.3 is 0 Å². The molecule has 0 heterocycles. The molecule has 2 atom stereocenters. The minimum atomic E-state index is -3.04. The smallest absolute Gasteiger partial charge is 0.151 e. The van der Waals surface area contributed by atoms with Crippen molar-refractivity contribution < 1.29 is 17.2 Å². The molecule has 3 nitrogen and oxygen atoms in total. The molecule has 0 radical (unpaired) electrons. The zero-order chi connectivity index (χ0) is 14.8. The van der Waals surface area contributed by atoms with Crippen LogP contribution < -0.4 is 5.32 Å². The highest BCUT2D eigenvalue weighted by Gasteiger charge is 2.34. The standard InChI is InChI=1S/C14H19F2NO2S/c1-20(18,19)14-4-2-3-13(14)17-6-5-10-7-11(15)9-12(16)8-10/h7-9,13-14,17H,2-6H2,1H3. The summed E-state index contributed by atoms with van der Waals surface area (Å²) in [6.07, 6.45) is 4.14. The lowest BCUT2D eigenvalue weighted by Gasteiger charge is -2.19. The van der Waals surface area contributed by atoms with Crippen LogP contribution in [0.5, 0.6) is 0 Å². The Morgan fingerprint density at radius 3 is 2.45 bits per heavy atom. The van der Waals surface area contributed by atoms with E-state index >= 15 is 0 Å². The first-order valence-corrected chi connectivity index (χ1v) is 8.69. The Kier molecular flexibility index (Phi) is 4.75. The fraction of sp³-hybridized carbons (Fsp3) is 0.571. The van der Waals surface area contributed by atoms with Crippen LogP contribution in [0, 0.1) is 11.6 Å². The second-order valence-electron chi connectivity index (χ2n) is 5.39. The number of benzene rings is 1. The maximum Gasteiger partial charge on any atom is 0.151 e. The molecule has 2 unspecified atom stereocenters. The highest BCUT2D eigenvalue weighted by atomic mass is 32.2. The van der Waals surface area contributed by atoms with E-state index in [0.29, 0.717) is 24.9 Å². The Bertz CT molecular complexity index is 554. The Morgan fingerprint density at radius 2 is 1.85 bits per heavy atom. The van der Waals surface area contributed by atoms with E-state index < -0.39 is 21.5 Å². The maximum atomic E-state index is 13.0. The molecule has 112 valence electrons. The molecule has 1 saturated carbocycles. The third-order valence-electron chi connectivity index (χ3n) is 3.75. The maximum absolute atomic E-state index is 13.0. The van der Waals surface area contributed by atoms with Gasteiger partial charge in [0, 0.05) is 18.4 Å². The first-order chi connectivity index (χ1) is 9.36. The third-order valence-corrected chi connectivity index (χ3v) is 5.41. The van der Waals surface area contributed by atoms with Gasteiger partial charge in [0.1, 0.15) is 11.6 Å². The fourth-order valence-electron chi connectivity index (χ4n) is 2.83. The molecule has 1 fully saturated rings. The summed E-state index contributed by atoms with van der Waals surface area (Å²) < 4.78 is 49.3. The van der Waals surface area contributed by atoms with Crippen molar-refractivity contribution in [2.45, 2.75) is 37.0 Å². The Labute approximate surface area is 118 Å². The fourth-order valence-corrected chi connectivity index (χ4v) is 4.25. The van der Waals surface area contributed by atoms with E-state index in [1.807, 2.05) is 0 Å². The van der Waals surface area contributed by atoms with Gasteiger partial charge in [-0.3, -0.25) is 0 Å². The van der Waals surface area contributed by atoms with Crippen LogP contribution in [0.4, 0.5) is 8.78 Å². The molecule has 1 aliphatic rings. The van der Waals surface area contributed by atoms with Crippen molar-refractivity contribution in [1.29, 1.82) is 0 Å². The molecular formula is C14H19F2NO2S. The zero-order valence-corrected chi connectivity index (χ0v) is 12.2. The molecule has 1 aromatic rings.